The molecule has 0 aliphatic rings. The molecule has 5 nitrogen and oxygen atoms in total. The second kappa shape index (κ2) is 11.0. The quantitative estimate of drug-likeness (QED) is 0.407. The summed E-state index contributed by atoms with van der Waals surface area (Å²) in [5, 5.41) is 6.71. The van der Waals surface area contributed by atoms with Crippen molar-refractivity contribution in [2.75, 3.05) is 27.7 Å². The Hall–Kier alpha value is -2.79. The summed E-state index contributed by atoms with van der Waals surface area (Å²) in [5.74, 6) is 1.61. The predicted octanol–water partition coefficient (Wildman–Crippen LogP) is 3.18. The lowest BCUT2D eigenvalue weighted by Crippen LogP contribution is -2.36. The number of nitrogens with one attached hydrogen (secondary N) is 2. The van der Waals surface area contributed by atoms with E-state index >= 15 is 0 Å². The maximum atomic E-state index is 5.70. The first kappa shape index (κ1) is 20.5. The van der Waals surface area contributed by atoms with E-state index in [0.717, 1.165) is 30.4 Å². The first-order chi connectivity index (χ1) is 13.1. The largest absolute Gasteiger partial charge is 0.489 e. The van der Waals surface area contributed by atoms with Crippen molar-refractivity contribution >= 4 is 5.96 Å². The van der Waals surface area contributed by atoms with Crippen LogP contribution in [0.15, 0.2) is 66.2 Å². The second-order valence-electron chi connectivity index (χ2n) is 6.54. The SMILES string of the molecule is C=CCOc1ccccc1CNC(=NC)NCc1cccc(CN(C)C)c1. The Labute approximate surface area is 162 Å². The molecule has 0 saturated heterocycles. The van der Waals surface area contributed by atoms with Crippen LogP contribution in [0, 0.1) is 0 Å². The zero-order valence-electron chi connectivity index (χ0n) is 16.5. The standard InChI is InChI=1S/C22H30N4O/c1-5-13-27-21-12-7-6-11-20(21)16-25-22(23-2)24-15-18-9-8-10-19(14-18)17-26(3)4/h5-12,14H,1,13,15-17H2,2-4H3,(H2,23,24,25). The minimum Gasteiger partial charge on any atom is -0.489 e. The van der Waals surface area contributed by atoms with Crippen LogP contribution in [0.4, 0.5) is 0 Å². The summed E-state index contributed by atoms with van der Waals surface area (Å²) in [6, 6.07) is 16.6. The number of guanidine groups is 1. The number of aliphatic imine (C=N–C) groups is 1. The molecule has 0 amide bonds. The van der Waals surface area contributed by atoms with Crippen molar-refractivity contribution < 1.29 is 4.74 Å². The van der Waals surface area contributed by atoms with Crippen LogP contribution in [0.2, 0.25) is 0 Å². The van der Waals surface area contributed by atoms with Crippen LogP contribution >= 0.6 is 0 Å². The molecule has 0 bridgehead atoms. The predicted molar refractivity (Wildman–Crippen MR) is 113 cm³/mol. The molecule has 0 fully saturated rings. The zero-order chi connectivity index (χ0) is 19.5. The van der Waals surface area contributed by atoms with E-state index in [1.54, 1.807) is 13.1 Å². The molecule has 0 unspecified atom stereocenters. The van der Waals surface area contributed by atoms with Crippen molar-refractivity contribution in [3.63, 3.8) is 0 Å². The van der Waals surface area contributed by atoms with Crippen molar-refractivity contribution in [3.05, 3.63) is 77.9 Å². The van der Waals surface area contributed by atoms with E-state index in [0.29, 0.717) is 13.2 Å². The zero-order valence-corrected chi connectivity index (χ0v) is 16.5. The fourth-order valence-electron chi connectivity index (χ4n) is 2.73. The molecular weight excluding hydrogens is 336 g/mol. The first-order valence-electron chi connectivity index (χ1n) is 9.11. The summed E-state index contributed by atoms with van der Waals surface area (Å²) in [7, 11) is 5.93. The highest BCUT2D eigenvalue weighted by molar-refractivity contribution is 5.79. The number of rotatable bonds is 9. The van der Waals surface area contributed by atoms with E-state index in [2.05, 4.69) is 65.5 Å². The Morgan fingerprint density at radius 1 is 1.07 bits per heavy atom. The van der Waals surface area contributed by atoms with Crippen LogP contribution in [-0.4, -0.2) is 38.6 Å². The molecule has 0 aliphatic heterocycles. The van der Waals surface area contributed by atoms with E-state index in [1.165, 1.54) is 11.1 Å². The van der Waals surface area contributed by atoms with Gasteiger partial charge in [0.15, 0.2) is 5.96 Å². The monoisotopic (exact) mass is 366 g/mol. The van der Waals surface area contributed by atoms with Gasteiger partial charge in [-0.05, 0) is 31.3 Å². The number of ether oxygens (including phenoxy) is 1. The molecule has 2 N–H and O–H groups in total. The fourth-order valence-corrected chi connectivity index (χ4v) is 2.73. The number of para-hydroxylation sites is 1. The van der Waals surface area contributed by atoms with E-state index in [4.69, 9.17) is 4.74 Å². The lowest BCUT2D eigenvalue weighted by molar-refractivity contribution is 0.358. The van der Waals surface area contributed by atoms with Crippen molar-refractivity contribution in [1.82, 2.24) is 15.5 Å². The molecule has 0 heterocycles. The molecule has 2 aromatic carbocycles. The average Bonchev–Trinajstić information content (AvgIpc) is 2.67. The minimum atomic E-state index is 0.493. The molecular formula is C22H30N4O. The van der Waals surface area contributed by atoms with Crippen molar-refractivity contribution in [2.24, 2.45) is 4.99 Å². The van der Waals surface area contributed by atoms with Crippen molar-refractivity contribution in [1.29, 1.82) is 0 Å². The molecule has 2 rings (SSSR count). The third-order valence-electron chi connectivity index (χ3n) is 3.95. The van der Waals surface area contributed by atoms with E-state index in [1.807, 2.05) is 24.3 Å². The molecule has 2 aromatic rings. The Kier molecular flexibility index (Phi) is 8.39. The topological polar surface area (TPSA) is 48.9 Å². The van der Waals surface area contributed by atoms with E-state index < -0.39 is 0 Å². The highest BCUT2D eigenvalue weighted by Gasteiger charge is 2.05. The van der Waals surface area contributed by atoms with E-state index in [9.17, 15) is 0 Å². The van der Waals surface area contributed by atoms with Gasteiger partial charge >= 0.3 is 0 Å². The summed E-state index contributed by atoms with van der Waals surface area (Å²) >= 11 is 0. The number of hydrogen-bond acceptors (Lipinski definition) is 3. The fraction of sp³-hybridized carbons (Fsp3) is 0.318. The van der Waals surface area contributed by atoms with Crippen LogP contribution in [0.3, 0.4) is 0 Å². The third kappa shape index (κ3) is 7.15. The molecule has 144 valence electrons. The molecule has 0 radical (unpaired) electrons. The van der Waals surface area contributed by atoms with Gasteiger partial charge in [-0.25, -0.2) is 0 Å². The van der Waals surface area contributed by atoms with Crippen LogP contribution in [-0.2, 0) is 19.6 Å². The summed E-state index contributed by atoms with van der Waals surface area (Å²) in [6.07, 6.45) is 1.75. The van der Waals surface area contributed by atoms with Gasteiger partial charge in [-0.15, -0.1) is 0 Å². The van der Waals surface area contributed by atoms with Gasteiger partial charge in [0, 0.05) is 32.2 Å². The summed E-state index contributed by atoms with van der Waals surface area (Å²) in [6.45, 7) is 6.47. The third-order valence-corrected chi connectivity index (χ3v) is 3.95. The van der Waals surface area contributed by atoms with Gasteiger partial charge in [0.1, 0.15) is 12.4 Å². The maximum Gasteiger partial charge on any atom is 0.191 e. The van der Waals surface area contributed by atoms with Crippen LogP contribution in [0.5, 0.6) is 5.75 Å². The first-order valence-corrected chi connectivity index (χ1v) is 9.11. The molecule has 0 aliphatic carbocycles. The van der Waals surface area contributed by atoms with Crippen molar-refractivity contribution in [3.8, 4) is 5.75 Å². The van der Waals surface area contributed by atoms with Gasteiger partial charge in [0.2, 0.25) is 0 Å². The molecule has 5 heteroatoms. The number of benzene rings is 2. The van der Waals surface area contributed by atoms with Gasteiger partial charge < -0.3 is 20.3 Å². The highest BCUT2D eigenvalue weighted by atomic mass is 16.5. The summed E-state index contributed by atoms with van der Waals surface area (Å²) < 4.78 is 5.70. The van der Waals surface area contributed by atoms with Gasteiger partial charge in [0.25, 0.3) is 0 Å². The minimum absolute atomic E-state index is 0.493. The average molecular weight is 367 g/mol. The molecule has 0 aromatic heterocycles. The normalized spacial score (nSPS) is 11.3. The molecule has 0 spiro atoms. The summed E-state index contributed by atoms with van der Waals surface area (Å²) in [5.41, 5.74) is 3.61. The van der Waals surface area contributed by atoms with Gasteiger partial charge in [-0.1, -0.05) is 55.1 Å². The molecule has 0 atom stereocenters. The van der Waals surface area contributed by atoms with Crippen LogP contribution < -0.4 is 15.4 Å². The molecule has 27 heavy (non-hydrogen) atoms. The number of hydrogen-bond donors (Lipinski definition) is 2. The lowest BCUT2D eigenvalue weighted by atomic mass is 10.1. The van der Waals surface area contributed by atoms with E-state index in [-0.39, 0.29) is 0 Å². The lowest BCUT2D eigenvalue weighted by Gasteiger charge is -2.15. The Bertz CT molecular complexity index is 755. The maximum absolute atomic E-state index is 5.70. The highest BCUT2D eigenvalue weighted by Crippen LogP contribution is 2.17. The van der Waals surface area contributed by atoms with Gasteiger partial charge in [-0.3, -0.25) is 4.99 Å². The summed E-state index contributed by atoms with van der Waals surface area (Å²) in [4.78, 5) is 6.48. The Morgan fingerprint density at radius 2 is 1.81 bits per heavy atom. The van der Waals surface area contributed by atoms with Crippen LogP contribution in [0.1, 0.15) is 16.7 Å². The Balaban J connectivity index is 1.91. The Morgan fingerprint density at radius 3 is 2.56 bits per heavy atom. The van der Waals surface area contributed by atoms with Gasteiger partial charge in [-0.2, -0.15) is 0 Å². The van der Waals surface area contributed by atoms with Crippen LogP contribution in [0.25, 0.3) is 0 Å². The smallest absolute Gasteiger partial charge is 0.191 e. The molecule has 0 saturated carbocycles. The van der Waals surface area contributed by atoms with Crippen molar-refractivity contribution in [2.45, 2.75) is 19.6 Å². The van der Waals surface area contributed by atoms with Gasteiger partial charge in [0.05, 0.1) is 0 Å². The number of nitrogens with zero attached hydrogens (tertiary/aromatic N) is 2. The second-order valence-corrected chi connectivity index (χ2v) is 6.54.